The molecule has 26 heavy (non-hydrogen) atoms. The summed E-state index contributed by atoms with van der Waals surface area (Å²) in [5, 5.41) is 11.2. The van der Waals surface area contributed by atoms with E-state index < -0.39 is 20.6 Å². The van der Waals surface area contributed by atoms with Crippen LogP contribution in [-0.2, 0) is 10.0 Å². The molecule has 2 aromatic rings. The van der Waals surface area contributed by atoms with Gasteiger partial charge in [-0.1, -0.05) is 48.5 Å². The molecular formula is C19H20N2O4S. The van der Waals surface area contributed by atoms with E-state index in [1.165, 1.54) is 35.6 Å². The largest absolute Gasteiger partial charge is 0.289 e. The Labute approximate surface area is 153 Å². The van der Waals surface area contributed by atoms with E-state index in [1.54, 1.807) is 0 Å². The zero-order valence-corrected chi connectivity index (χ0v) is 15.2. The van der Waals surface area contributed by atoms with Crippen LogP contribution in [0.5, 0.6) is 0 Å². The molecule has 0 spiro atoms. The Morgan fingerprint density at radius 2 is 1.73 bits per heavy atom. The lowest BCUT2D eigenvalue weighted by molar-refractivity contribution is -0.387. The van der Waals surface area contributed by atoms with Gasteiger partial charge in [-0.15, -0.1) is 0 Å². The molecule has 1 aliphatic carbocycles. The fraction of sp³-hybridized carbons (Fsp3) is 0.263. The van der Waals surface area contributed by atoms with E-state index in [0.717, 1.165) is 24.0 Å². The fourth-order valence-corrected chi connectivity index (χ4v) is 4.73. The van der Waals surface area contributed by atoms with E-state index in [0.29, 0.717) is 6.42 Å². The molecule has 1 aliphatic rings. The Morgan fingerprint density at radius 1 is 1.08 bits per heavy atom. The van der Waals surface area contributed by atoms with Crippen molar-refractivity contribution in [1.29, 1.82) is 0 Å². The molecule has 0 N–H and O–H groups in total. The third-order valence-electron chi connectivity index (χ3n) is 4.67. The van der Waals surface area contributed by atoms with Crippen LogP contribution in [0.3, 0.4) is 0 Å². The predicted molar refractivity (Wildman–Crippen MR) is 100 cm³/mol. The van der Waals surface area contributed by atoms with E-state index >= 15 is 0 Å². The van der Waals surface area contributed by atoms with Crippen molar-refractivity contribution >= 4 is 21.3 Å². The minimum absolute atomic E-state index is 0.271. The Balaban J connectivity index is 1.96. The number of hydrogen-bond acceptors (Lipinski definition) is 4. The summed E-state index contributed by atoms with van der Waals surface area (Å²) in [6.45, 7) is 0. The van der Waals surface area contributed by atoms with E-state index in [-0.39, 0.29) is 10.9 Å². The summed E-state index contributed by atoms with van der Waals surface area (Å²) < 4.78 is 27.2. The van der Waals surface area contributed by atoms with Gasteiger partial charge in [0.15, 0.2) is 4.90 Å². The number of nitro benzene ring substituents is 1. The van der Waals surface area contributed by atoms with Crippen LogP contribution in [0.1, 0.15) is 24.8 Å². The molecule has 0 aliphatic heterocycles. The molecule has 6 nitrogen and oxygen atoms in total. The molecule has 0 radical (unpaired) electrons. The number of nitrogens with zero attached hydrogens (tertiary/aromatic N) is 2. The van der Waals surface area contributed by atoms with Crippen molar-refractivity contribution in [3.05, 3.63) is 76.4 Å². The first-order chi connectivity index (χ1) is 12.4. The predicted octanol–water partition coefficient (Wildman–Crippen LogP) is 3.85. The second-order valence-electron chi connectivity index (χ2n) is 6.26. The maximum absolute atomic E-state index is 13.0. The topological polar surface area (TPSA) is 80.5 Å². The minimum Gasteiger partial charge on any atom is -0.258 e. The third kappa shape index (κ3) is 3.54. The summed E-state index contributed by atoms with van der Waals surface area (Å²) in [7, 11) is -2.49. The van der Waals surface area contributed by atoms with Crippen molar-refractivity contribution in [2.24, 2.45) is 0 Å². The van der Waals surface area contributed by atoms with Crippen LogP contribution in [0.25, 0.3) is 5.57 Å². The molecule has 0 bridgehead atoms. The van der Waals surface area contributed by atoms with Crippen LogP contribution in [-0.4, -0.2) is 30.7 Å². The first kappa shape index (κ1) is 18.3. The third-order valence-corrected chi connectivity index (χ3v) is 6.60. The van der Waals surface area contributed by atoms with Crippen LogP contribution in [0.2, 0.25) is 0 Å². The highest BCUT2D eigenvalue weighted by molar-refractivity contribution is 7.89. The number of likely N-dealkylation sites (N-methyl/N-ethyl adjacent to an activating group) is 1. The first-order valence-corrected chi connectivity index (χ1v) is 9.83. The lowest BCUT2D eigenvalue weighted by Gasteiger charge is -2.29. The Kier molecular flexibility index (Phi) is 5.20. The summed E-state index contributed by atoms with van der Waals surface area (Å²) in [6.07, 6.45) is 4.40. The zero-order chi connectivity index (χ0) is 18.7. The smallest absolute Gasteiger partial charge is 0.258 e. The van der Waals surface area contributed by atoms with Crippen LogP contribution in [0.4, 0.5) is 5.69 Å². The molecule has 0 aromatic heterocycles. The lowest BCUT2D eigenvalue weighted by atomic mass is 9.91. The molecule has 0 saturated carbocycles. The fourth-order valence-electron chi connectivity index (χ4n) is 3.24. The standard InChI is InChI=1S/C19H20N2O4S/c1-20(26(24,25)19-13-6-5-12-18(19)21(22)23)17-11-7-10-16(14-17)15-8-3-2-4-9-15/h2-6,8-9,12-14,17H,7,10-11H2,1H3. The van der Waals surface area contributed by atoms with E-state index in [4.69, 9.17) is 0 Å². The average molecular weight is 372 g/mol. The van der Waals surface area contributed by atoms with Gasteiger partial charge in [0.2, 0.25) is 10.0 Å². The van der Waals surface area contributed by atoms with Gasteiger partial charge in [-0.3, -0.25) is 10.1 Å². The molecule has 7 heteroatoms. The van der Waals surface area contributed by atoms with Gasteiger partial charge < -0.3 is 0 Å². The Bertz CT molecular complexity index is 939. The van der Waals surface area contributed by atoms with Crippen molar-refractivity contribution < 1.29 is 13.3 Å². The molecule has 1 atom stereocenters. The van der Waals surface area contributed by atoms with Crippen molar-refractivity contribution in [3.8, 4) is 0 Å². The second kappa shape index (κ2) is 7.39. The number of para-hydroxylation sites is 1. The van der Waals surface area contributed by atoms with Crippen molar-refractivity contribution in [1.82, 2.24) is 4.31 Å². The Hall–Kier alpha value is -2.51. The summed E-state index contributed by atoms with van der Waals surface area (Å²) in [5.41, 5.74) is 1.78. The van der Waals surface area contributed by atoms with Gasteiger partial charge in [-0.25, -0.2) is 8.42 Å². The van der Waals surface area contributed by atoms with Gasteiger partial charge in [-0.05, 0) is 36.5 Å². The van der Waals surface area contributed by atoms with Gasteiger partial charge in [0, 0.05) is 19.2 Å². The first-order valence-electron chi connectivity index (χ1n) is 8.39. The molecule has 0 fully saturated rings. The molecule has 3 rings (SSSR count). The highest BCUT2D eigenvalue weighted by Crippen LogP contribution is 2.32. The number of rotatable bonds is 5. The number of allylic oxidation sites excluding steroid dienone is 1. The summed E-state index contributed by atoms with van der Waals surface area (Å²) in [5.74, 6) is 0. The summed E-state index contributed by atoms with van der Waals surface area (Å²) in [4.78, 5) is 10.3. The molecule has 136 valence electrons. The van der Waals surface area contributed by atoms with Crippen molar-refractivity contribution in [2.45, 2.75) is 30.2 Å². The van der Waals surface area contributed by atoms with Gasteiger partial charge in [-0.2, -0.15) is 4.31 Å². The highest BCUT2D eigenvalue weighted by Gasteiger charge is 2.33. The highest BCUT2D eigenvalue weighted by atomic mass is 32.2. The van der Waals surface area contributed by atoms with Crippen molar-refractivity contribution in [3.63, 3.8) is 0 Å². The molecule has 1 unspecified atom stereocenters. The van der Waals surface area contributed by atoms with Crippen LogP contribution in [0.15, 0.2) is 65.6 Å². The van der Waals surface area contributed by atoms with E-state index in [1.807, 2.05) is 36.4 Å². The van der Waals surface area contributed by atoms with E-state index in [9.17, 15) is 18.5 Å². The van der Waals surface area contributed by atoms with Crippen LogP contribution in [0, 0.1) is 10.1 Å². The Morgan fingerprint density at radius 3 is 2.42 bits per heavy atom. The van der Waals surface area contributed by atoms with Gasteiger partial charge in [0.05, 0.1) is 4.92 Å². The monoisotopic (exact) mass is 372 g/mol. The summed E-state index contributed by atoms with van der Waals surface area (Å²) >= 11 is 0. The molecule has 0 amide bonds. The maximum Gasteiger partial charge on any atom is 0.289 e. The normalized spacial score (nSPS) is 17.8. The summed E-state index contributed by atoms with van der Waals surface area (Å²) in [6, 6.07) is 15.0. The van der Waals surface area contributed by atoms with Crippen LogP contribution >= 0.6 is 0 Å². The molecule has 0 heterocycles. The van der Waals surface area contributed by atoms with Gasteiger partial charge in [0.1, 0.15) is 0 Å². The van der Waals surface area contributed by atoms with E-state index in [2.05, 4.69) is 0 Å². The number of hydrogen-bond donors (Lipinski definition) is 0. The van der Waals surface area contributed by atoms with Gasteiger partial charge >= 0.3 is 0 Å². The molecule has 2 aromatic carbocycles. The van der Waals surface area contributed by atoms with Crippen molar-refractivity contribution in [2.75, 3.05) is 7.05 Å². The maximum atomic E-state index is 13.0. The molecular weight excluding hydrogens is 352 g/mol. The number of sulfonamides is 1. The van der Waals surface area contributed by atoms with Gasteiger partial charge in [0.25, 0.3) is 5.69 Å². The minimum atomic E-state index is -3.97. The molecule has 0 saturated heterocycles. The number of benzene rings is 2. The number of nitro groups is 1. The zero-order valence-electron chi connectivity index (χ0n) is 14.4. The quantitative estimate of drug-likeness (QED) is 0.590. The van der Waals surface area contributed by atoms with Crippen LogP contribution < -0.4 is 0 Å². The SMILES string of the molecule is CN(C1C=C(c2ccccc2)CCC1)S(=O)(=O)c1ccccc1[N+](=O)[O-]. The second-order valence-corrected chi connectivity index (χ2v) is 8.23. The lowest BCUT2D eigenvalue weighted by Crippen LogP contribution is -2.37. The average Bonchev–Trinajstić information content (AvgIpc) is 2.68.